The molecule has 1 aliphatic heterocycles. The average molecular weight is 345 g/mol. The number of phenols is 1. The van der Waals surface area contributed by atoms with E-state index in [4.69, 9.17) is 11.6 Å². The smallest absolute Gasteiger partial charge is 0.314 e. The van der Waals surface area contributed by atoms with Crippen LogP contribution in [0.25, 0.3) is 0 Å². The second-order valence-corrected chi connectivity index (χ2v) is 6.56. The SMILES string of the molecule is CC(=O)SCC1CC(=O)N(c2cc(Cl)cc([N+](=O)[O-])c2O)C1. The molecule has 1 aliphatic rings. The van der Waals surface area contributed by atoms with Gasteiger partial charge in [0.2, 0.25) is 11.7 Å². The molecule has 1 aromatic rings. The largest absolute Gasteiger partial charge is 0.501 e. The number of nitro benzene ring substituents is 1. The summed E-state index contributed by atoms with van der Waals surface area (Å²) in [6, 6.07) is 2.35. The number of amides is 1. The second kappa shape index (κ2) is 6.53. The van der Waals surface area contributed by atoms with Crippen LogP contribution < -0.4 is 4.90 Å². The van der Waals surface area contributed by atoms with Gasteiger partial charge in [-0.05, 0) is 12.0 Å². The number of aromatic hydroxyl groups is 1. The Hall–Kier alpha value is -1.80. The van der Waals surface area contributed by atoms with Crippen LogP contribution >= 0.6 is 23.4 Å². The Morgan fingerprint density at radius 3 is 2.86 bits per heavy atom. The third-order valence-electron chi connectivity index (χ3n) is 3.25. The first kappa shape index (κ1) is 16.6. The monoisotopic (exact) mass is 344 g/mol. The highest BCUT2D eigenvalue weighted by Crippen LogP contribution is 2.41. The van der Waals surface area contributed by atoms with Crippen molar-refractivity contribution in [3.63, 3.8) is 0 Å². The molecule has 118 valence electrons. The van der Waals surface area contributed by atoms with Gasteiger partial charge in [0.05, 0.1) is 10.6 Å². The standard InChI is InChI=1S/C13H13ClN2O5S/c1-7(17)22-6-8-2-12(18)15(5-8)10-3-9(14)4-11(13(10)19)16(20)21/h3-4,8,19H,2,5-6H2,1H3. The van der Waals surface area contributed by atoms with E-state index in [1.54, 1.807) is 0 Å². The van der Waals surface area contributed by atoms with Crippen molar-refractivity contribution >= 4 is 45.8 Å². The lowest BCUT2D eigenvalue weighted by molar-refractivity contribution is -0.385. The van der Waals surface area contributed by atoms with E-state index in [9.17, 15) is 24.8 Å². The van der Waals surface area contributed by atoms with E-state index in [0.29, 0.717) is 5.75 Å². The molecule has 1 unspecified atom stereocenters. The predicted octanol–water partition coefficient (Wildman–Crippen LogP) is 2.59. The van der Waals surface area contributed by atoms with Crippen molar-refractivity contribution in [2.45, 2.75) is 13.3 Å². The highest BCUT2D eigenvalue weighted by Gasteiger charge is 2.34. The zero-order valence-electron chi connectivity index (χ0n) is 11.6. The molecule has 0 spiro atoms. The fourth-order valence-corrected chi connectivity index (χ4v) is 3.18. The predicted molar refractivity (Wildman–Crippen MR) is 83.4 cm³/mol. The number of rotatable bonds is 4. The maximum Gasteiger partial charge on any atom is 0.314 e. The van der Waals surface area contributed by atoms with Crippen LogP contribution in [-0.2, 0) is 9.59 Å². The molecule has 1 aromatic carbocycles. The van der Waals surface area contributed by atoms with Crippen molar-refractivity contribution in [3.8, 4) is 5.75 Å². The molecule has 22 heavy (non-hydrogen) atoms. The fourth-order valence-electron chi connectivity index (χ4n) is 2.28. The summed E-state index contributed by atoms with van der Waals surface area (Å²) in [6.45, 7) is 1.73. The summed E-state index contributed by atoms with van der Waals surface area (Å²) in [5.41, 5.74) is -0.517. The van der Waals surface area contributed by atoms with Gasteiger partial charge in [0.15, 0.2) is 5.12 Å². The van der Waals surface area contributed by atoms with E-state index in [1.807, 2.05) is 0 Å². The van der Waals surface area contributed by atoms with Gasteiger partial charge in [-0.2, -0.15) is 0 Å². The second-order valence-electron chi connectivity index (χ2n) is 4.93. The van der Waals surface area contributed by atoms with E-state index in [0.717, 1.165) is 17.8 Å². The van der Waals surface area contributed by atoms with Crippen LogP contribution in [0, 0.1) is 16.0 Å². The van der Waals surface area contributed by atoms with Crippen LogP contribution in [0.2, 0.25) is 5.02 Å². The molecule has 2 rings (SSSR count). The summed E-state index contributed by atoms with van der Waals surface area (Å²) < 4.78 is 0. The van der Waals surface area contributed by atoms with Crippen LogP contribution in [-0.4, -0.2) is 33.3 Å². The van der Waals surface area contributed by atoms with Gasteiger partial charge in [-0.1, -0.05) is 23.4 Å². The summed E-state index contributed by atoms with van der Waals surface area (Å²) in [7, 11) is 0. The van der Waals surface area contributed by atoms with Crippen molar-refractivity contribution in [2.24, 2.45) is 5.92 Å². The summed E-state index contributed by atoms with van der Waals surface area (Å²) in [4.78, 5) is 34.5. The summed E-state index contributed by atoms with van der Waals surface area (Å²) >= 11 is 6.96. The molecule has 1 N–H and O–H groups in total. The molecule has 9 heteroatoms. The van der Waals surface area contributed by atoms with Crippen molar-refractivity contribution in [1.29, 1.82) is 0 Å². The number of hydrogen-bond donors (Lipinski definition) is 1. The molecule has 1 saturated heterocycles. The molecular weight excluding hydrogens is 332 g/mol. The number of halogens is 1. The quantitative estimate of drug-likeness (QED) is 0.665. The Morgan fingerprint density at radius 1 is 1.59 bits per heavy atom. The Labute approximate surface area is 135 Å². The Balaban J connectivity index is 2.27. The van der Waals surface area contributed by atoms with Gasteiger partial charge in [-0.3, -0.25) is 19.7 Å². The molecule has 0 bridgehead atoms. The third-order valence-corrected chi connectivity index (χ3v) is 4.51. The highest BCUT2D eigenvalue weighted by atomic mass is 35.5. The number of thioether (sulfide) groups is 1. The molecule has 0 aliphatic carbocycles. The minimum atomic E-state index is -0.756. The van der Waals surface area contributed by atoms with Gasteiger partial charge in [-0.25, -0.2) is 0 Å². The number of phenolic OH excluding ortho intramolecular Hbond substituents is 1. The van der Waals surface area contributed by atoms with Gasteiger partial charge < -0.3 is 10.0 Å². The average Bonchev–Trinajstić information content (AvgIpc) is 2.79. The lowest BCUT2D eigenvalue weighted by atomic mass is 10.1. The van der Waals surface area contributed by atoms with Crippen LogP contribution in [0.15, 0.2) is 12.1 Å². The molecule has 7 nitrogen and oxygen atoms in total. The maximum absolute atomic E-state index is 12.1. The van der Waals surface area contributed by atoms with Crippen molar-refractivity contribution in [3.05, 3.63) is 27.3 Å². The molecule has 1 amide bonds. The lowest BCUT2D eigenvalue weighted by Gasteiger charge is -2.18. The van der Waals surface area contributed by atoms with Crippen LogP contribution in [0.3, 0.4) is 0 Å². The number of nitrogens with zero attached hydrogens (tertiary/aromatic N) is 2. The number of nitro groups is 1. The van der Waals surface area contributed by atoms with Gasteiger partial charge in [0.1, 0.15) is 0 Å². The van der Waals surface area contributed by atoms with Crippen molar-refractivity contribution < 1.29 is 19.6 Å². The topological polar surface area (TPSA) is 101 Å². The Morgan fingerprint density at radius 2 is 2.27 bits per heavy atom. The normalized spacial score (nSPS) is 17.8. The molecular formula is C13H13ClN2O5S. The molecule has 1 atom stereocenters. The van der Waals surface area contributed by atoms with E-state index < -0.39 is 16.4 Å². The summed E-state index contributed by atoms with van der Waals surface area (Å²) in [5, 5.41) is 20.9. The Bertz CT molecular complexity index is 652. The number of carbonyl (C=O) groups is 2. The zero-order chi connectivity index (χ0) is 16.4. The van der Waals surface area contributed by atoms with Gasteiger partial charge in [0.25, 0.3) is 0 Å². The Kier molecular flexibility index (Phi) is 4.92. The van der Waals surface area contributed by atoms with E-state index >= 15 is 0 Å². The maximum atomic E-state index is 12.1. The van der Waals surface area contributed by atoms with Gasteiger partial charge in [0, 0.05) is 36.7 Å². The fraction of sp³-hybridized carbons (Fsp3) is 0.385. The van der Waals surface area contributed by atoms with E-state index in [1.165, 1.54) is 17.9 Å². The molecule has 1 heterocycles. The minimum Gasteiger partial charge on any atom is -0.501 e. The number of hydrogen-bond acceptors (Lipinski definition) is 6. The number of anilines is 1. The van der Waals surface area contributed by atoms with Crippen LogP contribution in [0.1, 0.15) is 13.3 Å². The molecule has 0 radical (unpaired) electrons. The van der Waals surface area contributed by atoms with Crippen LogP contribution in [0.4, 0.5) is 11.4 Å². The van der Waals surface area contributed by atoms with Gasteiger partial charge in [-0.15, -0.1) is 0 Å². The zero-order valence-corrected chi connectivity index (χ0v) is 13.2. The van der Waals surface area contributed by atoms with E-state index in [2.05, 4.69) is 0 Å². The molecule has 0 aromatic heterocycles. The van der Waals surface area contributed by atoms with Crippen molar-refractivity contribution in [1.82, 2.24) is 0 Å². The first-order chi connectivity index (χ1) is 10.3. The van der Waals surface area contributed by atoms with Crippen LogP contribution in [0.5, 0.6) is 5.75 Å². The summed E-state index contributed by atoms with van der Waals surface area (Å²) in [6.07, 6.45) is 0.222. The van der Waals surface area contributed by atoms with Gasteiger partial charge >= 0.3 is 5.69 Å². The van der Waals surface area contributed by atoms with Crippen molar-refractivity contribution in [2.75, 3.05) is 17.2 Å². The number of carbonyl (C=O) groups excluding carboxylic acids is 2. The number of benzene rings is 1. The first-order valence-corrected chi connectivity index (χ1v) is 7.76. The first-order valence-electron chi connectivity index (χ1n) is 6.40. The highest BCUT2D eigenvalue weighted by molar-refractivity contribution is 8.13. The summed E-state index contributed by atoms with van der Waals surface area (Å²) in [5.74, 6) is -0.413. The minimum absolute atomic E-state index is 0.0273. The lowest BCUT2D eigenvalue weighted by Crippen LogP contribution is -2.25. The molecule has 1 fully saturated rings. The molecule has 0 saturated carbocycles. The third kappa shape index (κ3) is 3.50. The van der Waals surface area contributed by atoms with E-state index in [-0.39, 0.29) is 40.6 Å².